The van der Waals surface area contributed by atoms with E-state index >= 15 is 0 Å². The zero-order chi connectivity index (χ0) is 39.4. The maximum absolute atomic E-state index is 2.59. The largest absolute Gasteiger partial charge is 0.0714 e. The molecule has 0 nitrogen and oxygen atoms in total. The van der Waals surface area contributed by atoms with Gasteiger partial charge in [0.25, 0.3) is 0 Å². The first-order valence-corrected chi connectivity index (χ1v) is 21.1. The average molecular weight is 759 g/mol. The zero-order valence-electron chi connectivity index (χ0n) is 32.9. The predicted octanol–water partition coefficient (Wildman–Crippen LogP) is 15.0. The second-order valence-corrected chi connectivity index (χ2v) is 16.8. The van der Waals surface area contributed by atoms with Crippen molar-refractivity contribution in [3.8, 4) is 22.3 Å². The van der Waals surface area contributed by atoms with Crippen LogP contribution < -0.4 is 0 Å². The van der Waals surface area contributed by atoms with Crippen molar-refractivity contribution in [2.24, 2.45) is 0 Å². The number of hydrogen-bond donors (Lipinski definition) is 0. The number of rotatable bonds is 4. The molecule has 0 atom stereocenters. The van der Waals surface area contributed by atoms with Crippen LogP contribution in [0.5, 0.6) is 0 Å². The summed E-state index contributed by atoms with van der Waals surface area (Å²) < 4.78 is 0. The van der Waals surface area contributed by atoms with Crippen molar-refractivity contribution in [1.82, 2.24) is 0 Å². The van der Waals surface area contributed by atoms with Gasteiger partial charge in [-0.1, -0.05) is 194 Å². The van der Waals surface area contributed by atoms with Crippen LogP contribution in [0.15, 0.2) is 231 Å². The Bertz CT molecular complexity index is 3170. The van der Waals surface area contributed by atoms with Crippen molar-refractivity contribution in [3.63, 3.8) is 0 Å². The standard InChI is InChI=1S/C60H38/c1-5-17-43-33-47(29-25-39(43)13-1)59(48-30-26-40-14-2-6-18-44(40)34-48)55-23-11-9-21-51(55)53-38-58-54(37-57(53)59)52-22-10-12-24-56(52)60(58,49-31-27-41-15-3-7-19-45(41)35-49)50-32-28-42-16-4-8-20-46(42)36-50/h1-38H. The molecule has 60 heavy (non-hydrogen) atoms. The summed E-state index contributed by atoms with van der Waals surface area (Å²) >= 11 is 0. The third kappa shape index (κ3) is 4.45. The molecule has 0 spiro atoms. The quantitative estimate of drug-likeness (QED) is 0.168. The molecule has 0 unspecified atom stereocenters. The van der Waals surface area contributed by atoms with Gasteiger partial charge in [-0.05, 0) is 146 Å². The first-order valence-electron chi connectivity index (χ1n) is 21.1. The average Bonchev–Trinajstić information content (AvgIpc) is 3.78. The molecule has 11 aromatic rings. The predicted molar refractivity (Wildman–Crippen MR) is 251 cm³/mol. The molecule has 2 aliphatic carbocycles. The van der Waals surface area contributed by atoms with Gasteiger partial charge in [0.1, 0.15) is 0 Å². The monoisotopic (exact) mass is 758 g/mol. The minimum atomic E-state index is -0.568. The van der Waals surface area contributed by atoms with Gasteiger partial charge >= 0.3 is 0 Å². The van der Waals surface area contributed by atoms with E-state index in [4.69, 9.17) is 0 Å². The van der Waals surface area contributed by atoms with E-state index in [1.54, 1.807) is 0 Å². The molecular weight excluding hydrogens is 721 g/mol. The van der Waals surface area contributed by atoms with E-state index in [-0.39, 0.29) is 0 Å². The van der Waals surface area contributed by atoms with Crippen molar-refractivity contribution in [1.29, 1.82) is 0 Å². The molecule has 0 heterocycles. The van der Waals surface area contributed by atoms with Crippen LogP contribution in [-0.4, -0.2) is 0 Å². The number of hydrogen-bond acceptors (Lipinski definition) is 0. The summed E-state index contributed by atoms with van der Waals surface area (Å²) in [5.74, 6) is 0. The molecule has 11 aromatic carbocycles. The first kappa shape index (κ1) is 33.4. The van der Waals surface area contributed by atoms with Crippen LogP contribution in [0.3, 0.4) is 0 Å². The van der Waals surface area contributed by atoms with Gasteiger partial charge in [0.05, 0.1) is 10.8 Å². The topological polar surface area (TPSA) is 0 Å². The fraction of sp³-hybridized carbons (Fsp3) is 0.0333. The molecule has 0 N–H and O–H groups in total. The van der Waals surface area contributed by atoms with Crippen molar-refractivity contribution >= 4 is 43.1 Å². The summed E-state index contributed by atoms with van der Waals surface area (Å²) in [6.45, 7) is 0. The molecule has 0 radical (unpaired) electrons. The van der Waals surface area contributed by atoms with E-state index in [9.17, 15) is 0 Å². The van der Waals surface area contributed by atoms with E-state index < -0.39 is 10.8 Å². The highest BCUT2D eigenvalue weighted by atomic mass is 14.5. The van der Waals surface area contributed by atoms with Crippen LogP contribution in [0, 0.1) is 0 Å². The lowest BCUT2D eigenvalue weighted by molar-refractivity contribution is 0.761. The normalized spacial score (nSPS) is 14.3. The smallest absolute Gasteiger partial charge is 0.0619 e. The first-order chi connectivity index (χ1) is 29.7. The van der Waals surface area contributed by atoms with E-state index in [0.717, 1.165) is 0 Å². The Balaban J connectivity index is 1.18. The summed E-state index contributed by atoms with van der Waals surface area (Å²) in [4.78, 5) is 0. The molecule has 13 rings (SSSR count). The fourth-order valence-corrected chi connectivity index (χ4v) is 11.3. The van der Waals surface area contributed by atoms with Gasteiger partial charge in [0.2, 0.25) is 0 Å². The Kier molecular flexibility index (Phi) is 6.95. The lowest BCUT2D eigenvalue weighted by atomic mass is 9.65. The Morgan fingerprint density at radius 1 is 0.183 bits per heavy atom. The lowest BCUT2D eigenvalue weighted by Gasteiger charge is -2.36. The second kappa shape index (κ2) is 12.5. The third-order valence-corrected chi connectivity index (χ3v) is 13.9. The van der Waals surface area contributed by atoms with Crippen molar-refractivity contribution < 1.29 is 0 Å². The molecule has 0 saturated heterocycles. The van der Waals surface area contributed by atoms with Crippen LogP contribution in [0.1, 0.15) is 44.5 Å². The lowest BCUT2D eigenvalue weighted by Crippen LogP contribution is -2.30. The van der Waals surface area contributed by atoms with Gasteiger partial charge in [-0.3, -0.25) is 0 Å². The molecule has 0 saturated carbocycles. The minimum Gasteiger partial charge on any atom is -0.0619 e. The maximum atomic E-state index is 2.59. The fourth-order valence-electron chi connectivity index (χ4n) is 11.3. The molecular formula is C60H38. The molecule has 0 bridgehead atoms. The maximum Gasteiger partial charge on any atom is 0.0714 e. The summed E-state index contributed by atoms with van der Waals surface area (Å²) in [5, 5.41) is 10.00. The SMILES string of the molecule is c1ccc2c(c1)-c1cc3c(cc1C2(c1ccc2ccccc2c1)c1ccc2ccccc2c1)-c1ccccc1C3(c1ccc2ccccc2c1)c1ccc2ccccc2c1. The van der Waals surface area contributed by atoms with Gasteiger partial charge in [-0.2, -0.15) is 0 Å². The Morgan fingerprint density at radius 2 is 0.450 bits per heavy atom. The molecule has 278 valence electrons. The molecule has 0 aromatic heterocycles. The Morgan fingerprint density at radius 3 is 0.767 bits per heavy atom. The highest BCUT2D eigenvalue weighted by Gasteiger charge is 2.51. The van der Waals surface area contributed by atoms with Gasteiger partial charge in [-0.25, -0.2) is 0 Å². The molecule has 2 aliphatic rings. The molecule has 0 fully saturated rings. The summed E-state index contributed by atoms with van der Waals surface area (Å²) in [5.41, 5.74) is 14.5. The van der Waals surface area contributed by atoms with Crippen LogP contribution in [-0.2, 0) is 10.8 Å². The van der Waals surface area contributed by atoms with Crippen molar-refractivity contribution in [3.05, 3.63) is 275 Å². The van der Waals surface area contributed by atoms with Crippen LogP contribution in [0.2, 0.25) is 0 Å². The summed E-state index contributed by atoms with van der Waals surface area (Å²) in [7, 11) is 0. The molecule has 0 heteroatoms. The van der Waals surface area contributed by atoms with Crippen molar-refractivity contribution in [2.45, 2.75) is 10.8 Å². The highest BCUT2D eigenvalue weighted by Crippen LogP contribution is 2.63. The van der Waals surface area contributed by atoms with Crippen LogP contribution in [0.25, 0.3) is 65.3 Å². The van der Waals surface area contributed by atoms with Gasteiger partial charge in [0.15, 0.2) is 0 Å². The molecule has 0 amide bonds. The Labute approximate surface area is 349 Å². The van der Waals surface area contributed by atoms with Crippen molar-refractivity contribution in [2.75, 3.05) is 0 Å². The Hall–Kier alpha value is -7.54. The number of benzene rings is 11. The summed E-state index contributed by atoms with van der Waals surface area (Å²) in [6, 6.07) is 87.4. The van der Waals surface area contributed by atoms with Crippen LogP contribution in [0.4, 0.5) is 0 Å². The third-order valence-electron chi connectivity index (χ3n) is 13.9. The minimum absolute atomic E-state index is 0.568. The highest BCUT2D eigenvalue weighted by molar-refractivity contribution is 5.98. The van der Waals surface area contributed by atoms with E-state index in [1.807, 2.05) is 0 Å². The second-order valence-electron chi connectivity index (χ2n) is 16.8. The summed E-state index contributed by atoms with van der Waals surface area (Å²) in [6.07, 6.45) is 0. The zero-order valence-corrected chi connectivity index (χ0v) is 32.9. The van der Waals surface area contributed by atoms with E-state index in [1.165, 1.54) is 110 Å². The van der Waals surface area contributed by atoms with Gasteiger partial charge in [-0.15, -0.1) is 0 Å². The van der Waals surface area contributed by atoms with E-state index in [2.05, 4.69) is 231 Å². The van der Waals surface area contributed by atoms with Gasteiger partial charge < -0.3 is 0 Å². The number of fused-ring (bicyclic) bond motifs is 10. The van der Waals surface area contributed by atoms with Crippen LogP contribution >= 0.6 is 0 Å². The van der Waals surface area contributed by atoms with E-state index in [0.29, 0.717) is 0 Å². The van der Waals surface area contributed by atoms with Gasteiger partial charge in [0, 0.05) is 0 Å². The molecule has 0 aliphatic heterocycles.